The second-order valence-corrected chi connectivity index (χ2v) is 6.66. The van der Waals surface area contributed by atoms with Crippen LogP contribution in [-0.2, 0) is 0 Å². The molecule has 1 aliphatic carbocycles. The lowest BCUT2D eigenvalue weighted by Gasteiger charge is -2.16. The van der Waals surface area contributed by atoms with Crippen molar-refractivity contribution in [2.24, 2.45) is 4.99 Å². The molecule has 1 fully saturated rings. The van der Waals surface area contributed by atoms with Crippen molar-refractivity contribution in [2.75, 3.05) is 20.1 Å². The van der Waals surface area contributed by atoms with Gasteiger partial charge in [0, 0.05) is 36.2 Å². The Balaban J connectivity index is 0.00000288. The number of nitrogens with zero attached hydrogens (tertiary/aromatic N) is 1. The number of hydrogen-bond donors (Lipinski definition) is 3. The fraction of sp³-hybridized carbons (Fsp3) is 0.529. The summed E-state index contributed by atoms with van der Waals surface area (Å²) in [6, 6.07) is 7.95. The molecule has 1 aromatic rings. The molecule has 134 valence electrons. The summed E-state index contributed by atoms with van der Waals surface area (Å²) in [7, 11) is 1.79. The molecule has 0 aliphatic heterocycles. The van der Waals surface area contributed by atoms with Crippen molar-refractivity contribution in [3.8, 4) is 0 Å². The molecule has 0 unspecified atom stereocenters. The van der Waals surface area contributed by atoms with E-state index >= 15 is 0 Å². The Bertz CT molecular complexity index is 547. The molecule has 3 N–H and O–H groups in total. The topological polar surface area (TPSA) is 65.5 Å². The largest absolute Gasteiger partial charge is 0.356 e. The summed E-state index contributed by atoms with van der Waals surface area (Å²) >= 11 is 3.37. The molecular formula is C17H26BrIN4O. The zero-order valence-corrected chi connectivity index (χ0v) is 17.9. The van der Waals surface area contributed by atoms with Gasteiger partial charge in [-0.05, 0) is 37.5 Å². The van der Waals surface area contributed by atoms with E-state index in [1.54, 1.807) is 7.05 Å². The smallest absolute Gasteiger partial charge is 0.251 e. The first-order valence-electron chi connectivity index (χ1n) is 8.20. The highest BCUT2D eigenvalue weighted by Crippen LogP contribution is 2.17. The Morgan fingerprint density at radius 1 is 1.25 bits per heavy atom. The van der Waals surface area contributed by atoms with Crippen LogP contribution in [0.4, 0.5) is 0 Å². The quantitative estimate of drug-likeness (QED) is 0.239. The van der Waals surface area contributed by atoms with Gasteiger partial charge in [0.15, 0.2) is 5.96 Å². The van der Waals surface area contributed by atoms with Gasteiger partial charge in [-0.1, -0.05) is 34.8 Å². The maximum Gasteiger partial charge on any atom is 0.251 e. The average Bonchev–Trinajstić information content (AvgIpc) is 3.06. The zero-order chi connectivity index (χ0) is 16.5. The maximum absolute atomic E-state index is 12.0. The molecule has 0 atom stereocenters. The average molecular weight is 509 g/mol. The highest BCUT2D eigenvalue weighted by Gasteiger charge is 2.15. The predicted octanol–water partition coefficient (Wildman–Crippen LogP) is 3.29. The zero-order valence-electron chi connectivity index (χ0n) is 14.0. The lowest BCUT2D eigenvalue weighted by molar-refractivity contribution is 0.0953. The number of guanidine groups is 1. The lowest BCUT2D eigenvalue weighted by atomic mass is 10.2. The summed E-state index contributed by atoms with van der Waals surface area (Å²) in [4.78, 5) is 16.2. The summed E-state index contributed by atoms with van der Waals surface area (Å²) in [5.74, 6) is 0.815. The number of hydrogen-bond acceptors (Lipinski definition) is 2. The normalized spacial score (nSPS) is 14.8. The molecule has 1 amide bonds. The van der Waals surface area contributed by atoms with E-state index in [0.717, 1.165) is 23.4 Å². The number of benzene rings is 1. The SMILES string of the molecule is CN=C(NCCCNC(=O)c1cccc(Br)c1)NC1CCCC1.I. The van der Waals surface area contributed by atoms with Crippen LogP contribution in [0.3, 0.4) is 0 Å². The van der Waals surface area contributed by atoms with Gasteiger partial charge in [0.25, 0.3) is 5.91 Å². The van der Waals surface area contributed by atoms with Crippen LogP contribution < -0.4 is 16.0 Å². The van der Waals surface area contributed by atoms with Crippen LogP contribution in [-0.4, -0.2) is 38.0 Å². The molecule has 1 aromatic carbocycles. The predicted molar refractivity (Wildman–Crippen MR) is 113 cm³/mol. The second-order valence-electron chi connectivity index (χ2n) is 5.74. The van der Waals surface area contributed by atoms with Crippen LogP contribution in [0.25, 0.3) is 0 Å². The standard InChI is InChI=1S/C17H25BrN4O.HI/c1-19-17(22-15-8-2-3-9-15)21-11-5-10-20-16(23)13-6-4-7-14(18)12-13;/h4,6-7,12,15H,2-3,5,8-11H2,1H3,(H,20,23)(H2,19,21,22);1H. The fourth-order valence-corrected chi connectivity index (χ4v) is 3.09. The van der Waals surface area contributed by atoms with Gasteiger partial charge < -0.3 is 16.0 Å². The molecule has 0 aromatic heterocycles. The molecule has 0 heterocycles. The number of aliphatic imine (C=N–C) groups is 1. The summed E-state index contributed by atoms with van der Waals surface area (Å²) in [6.45, 7) is 1.42. The van der Waals surface area contributed by atoms with E-state index in [1.807, 2.05) is 24.3 Å². The van der Waals surface area contributed by atoms with Gasteiger partial charge >= 0.3 is 0 Å². The Kier molecular flexibility index (Phi) is 10.3. The van der Waals surface area contributed by atoms with Crippen LogP contribution in [0.15, 0.2) is 33.7 Å². The van der Waals surface area contributed by atoms with Crippen molar-refractivity contribution in [1.82, 2.24) is 16.0 Å². The highest BCUT2D eigenvalue weighted by molar-refractivity contribution is 14.0. The van der Waals surface area contributed by atoms with Gasteiger partial charge in [0.1, 0.15) is 0 Å². The van der Waals surface area contributed by atoms with Crippen LogP contribution in [0.1, 0.15) is 42.5 Å². The Hall–Kier alpha value is -0.830. The molecular weight excluding hydrogens is 483 g/mol. The lowest BCUT2D eigenvalue weighted by Crippen LogP contribution is -2.43. The van der Waals surface area contributed by atoms with Crippen LogP contribution in [0.5, 0.6) is 0 Å². The van der Waals surface area contributed by atoms with Gasteiger partial charge in [-0.15, -0.1) is 24.0 Å². The number of carbonyl (C=O) groups excluding carboxylic acids is 1. The first-order chi connectivity index (χ1) is 11.2. The third-order valence-electron chi connectivity index (χ3n) is 3.94. The Morgan fingerprint density at radius 3 is 2.62 bits per heavy atom. The van der Waals surface area contributed by atoms with Crippen LogP contribution >= 0.6 is 39.9 Å². The Labute approximate surface area is 169 Å². The van der Waals surface area contributed by atoms with Crippen molar-refractivity contribution in [3.63, 3.8) is 0 Å². The van der Waals surface area contributed by atoms with E-state index in [1.165, 1.54) is 25.7 Å². The minimum absolute atomic E-state index is 0. The van der Waals surface area contributed by atoms with Crippen LogP contribution in [0, 0.1) is 0 Å². The van der Waals surface area contributed by atoms with E-state index in [0.29, 0.717) is 18.2 Å². The summed E-state index contributed by atoms with van der Waals surface area (Å²) in [6.07, 6.45) is 5.91. The van der Waals surface area contributed by atoms with Crippen molar-refractivity contribution in [3.05, 3.63) is 34.3 Å². The number of amides is 1. The van der Waals surface area contributed by atoms with E-state index in [4.69, 9.17) is 0 Å². The van der Waals surface area contributed by atoms with Gasteiger partial charge in [0.05, 0.1) is 0 Å². The molecule has 0 radical (unpaired) electrons. The maximum atomic E-state index is 12.0. The summed E-state index contributed by atoms with van der Waals surface area (Å²) in [5, 5.41) is 9.67. The third kappa shape index (κ3) is 7.38. The van der Waals surface area contributed by atoms with E-state index in [9.17, 15) is 4.79 Å². The van der Waals surface area contributed by atoms with E-state index in [-0.39, 0.29) is 29.9 Å². The minimum atomic E-state index is -0.0419. The molecule has 1 aliphatic rings. The van der Waals surface area contributed by atoms with Gasteiger partial charge in [-0.2, -0.15) is 0 Å². The van der Waals surface area contributed by atoms with E-state index in [2.05, 4.69) is 36.9 Å². The monoisotopic (exact) mass is 508 g/mol. The molecule has 0 saturated heterocycles. The van der Waals surface area contributed by atoms with Gasteiger partial charge in [0.2, 0.25) is 0 Å². The highest BCUT2D eigenvalue weighted by atomic mass is 127. The van der Waals surface area contributed by atoms with Gasteiger partial charge in [-0.25, -0.2) is 0 Å². The molecule has 1 saturated carbocycles. The fourth-order valence-electron chi connectivity index (χ4n) is 2.69. The summed E-state index contributed by atoms with van der Waals surface area (Å²) < 4.78 is 0.911. The van der Waals surface area contributed by atoms with Crippen molar-refractivity contribution in [2.45, 2.75) is 38.1 Å². The second kappa shape index (κ2) is 11.7. The van der Waals surface area contributed by atoms with Crippen molar-refractivity contribution in [1.29, 1.82) is 0 Å². The molecule has 24 heavy (non-hydrogen) atoms. The molecule has 7 heteroatoms. The van der Waals surface area contributed by atoms with E-state index < -0.39 is 0 Å². The van der Waals surface area contributed by atoms with Crippen LogP contribution in [0.2, 0.25) is 0 Å². The molecule has 2 rings (SSSR count). The Morgan fingerprint density at radius 2 is 1.96 bits per heavy atom. The molecule has 5 nitrogen and oxygen atoms in total. The summed E-state index contributed by atoms with van der Waals surface area (Å²) in [5.41, 5.74) is 0.672. The minimum Gasteiger partial charge on any atom is -0.356 e. The number of nitrogens with one attached hydrogen (secondary N) is 3. The molecule has 0 spiro atoms. The number of carbonyl (C=O) groups is 1. The first-order valence-corrected chi connectivity index (χ1v) is 8.99. The number of halogens is 2. The van der Waals surface area contributed by atoms with Crippen molar-refractivity contribution >= 4 is 51.8 Å². The number of rotatable bonds is 6. The third-order valence-corrected chi connectivity index (χ3v) is 4.43. The first kappa shape index (κ1) is 21.2. The van der Waals surface area contributed by atoms with Crippen molar-refractivity contribution < 1.29 is 4.79 Å². The van der Waals surface area contributed by atoms with Gasteiger partial charge in [-0.3, -0.25) is 9.79 Å². The molecule has 0 bridgehead atoms.